The van der Waals surface area contributed by atoms with E-state index in [2.05, 4.69) is 17.2 Å². The number of carbonyl (C=O) groups is 1. The van der Waals surface area contributed by atoms with Crippen LogP contribution in [0.2, 0.25) is 0 Å². The second-order valence-electron chi connectivity index (χ2n) is 5.86. The number of ether oxygens (including phenoxy) is 3. The summed E-state index contributed by atoms with van der Waals surface area (Å²) in [7, 11) is 0. The van der Waals surface area contributed by atoms with Crippen molar-refractivity contribution in [1.29, 1.82) is 0 Å². The molecule has 0 saturated heterocycles. The predicted octanol–water partition coefficient (Wildman–Crippen LogP) is 1.52. The van der Waals surface area contributed by atoms with E-state index in [-0.39, 0.29) is 32.4 Å². The van der Waals surface area contributed by atoms with E-state index in [9.17, 15) is 9.59 Å². The third-order valence-electron chi connectivity index (χ3n) is 4.03. The first kappa shape index (κ1) is 17.5. The number of rotatable bonds is 5. The average molecular weight is 380 g/mol. The van der Waals surface area contributed by atoms with E-state index in [4.69, 9.17) is 18.6 Å². The molecule has 28 heavy (non-hydrogen) atoms. The average Bonchev–Trinajstić information content (AvgIpc) is 3.28. The van der Waals surface area contributed by atoms with Gasteiger partial charge < -0.3 is 23.9 Å². The Morgan fingerprint density at radius 3 is 2.93 bits per heavy atom. The van der Waals surface area contributed by atoms with Crippen molar-refractivity contribution in [3.8, 4) is 29.1 Å². The number of carbonyl (C=O) groups excluding carboxylic acids is 1. The zero-order valence-corrected chi connectivity index (χ0v) is 14.8. The minimum absolute atomic E-state index is 0.134. The molecule has 0 atom stereocenters. The number of oxazole rings is 1. The van der Waals surface area contributed by atoms with Crippen LogP contribution < -0.4 is 25.3 Å². The Balaban J connectivity index is 1.25. The molecular formula is C20H16N2O6. The van der Waals surface area contributed by atoms with Gasteiger partial charge in [0.15, 0.2) is 17.1 Å². The zero-order valence-electron chi connectivity index (χ0n) is 14.8. The van der Waals surface area contributed by atoms with Gasteiger partial charge >= 0.3 is 5.76 Å². The monoisotopic (exact) mass is 380 g/mol. The summed E-state index contributed by atoms with van der Waals surface area (Å²) in [4.78, 5) is 23.9. The van der Waals surface area contributed by atoms with E-state index in [1.165, 1.54) is 4.57 Å². The molecule has 0 radical (unpaired) electrons. The van der Waals surface area contributed by atoms with Crippen LogP contribution in [0, 0.1) is 11.8 Å². The van der Waals surface area contributed by atoms with Crippen LogP contribution in [0.1, 0.15) is 0 Å². The Bertz CT molecular complexity index is 1130. The fourth-order valence-electron chi connectivity index (χ4n) is 2.71. The number of aromatic nitrogens is 1. The highest BCUT2D eigenvalue weighted by Crippen LogP contribution is 2.34. The number of hydrogen-bond acceptors (Lipinski definition) is 6. The number of para-hydroxylation sites is 2. The summed E-state index contributed by atoms with van der Waals surface area (Å²) in [6, 6.07) is 12.2. The summed E-state index contributed by atoms with van der Waals surface area (Å²) in [5, 5.41) is 2.64. The molecule has 3 aromatic rings. The molecule has 0 bridgehead atoms. The summed E-state index contributed by atoms with van der Waals surface area (Å²) in [6.07, 6.45) is 0. The maximum absolute atomic E-state index is 12.0. The quantitative estimate of drug-likeness (QED) is 0.675. The topological polar surface area (TPSA) is 91.9 Å². The van der Waals surface area contributed by atoms with Crippen molar-refractivity contribution in [1.82, 2.24) is 9.88 Å². The molecular weight excluding hydrogens is 364 g/mol. The fraction of sp³-hybridized carbons (Fsp3) is 0.200. The second-order valence-corrected chi connectivity index (χ2v) is 5.86. The van der Waals surface area contributed by atoms with Gasteiger partial charge in [-0.3, -0.25) is 9.36 Å². The van der Waals surface area contributed by atoms with E-state index in [0.717, 1.165) is 0 Å². The number of fused-ring (bicyclic) bond motifs is 2. The standard InChI is InChI=1S/C20H16N2O6/c23-19(12-22-15-5-1-2-6-16(15)28-20(22)24)21-9-3-4-10-25-14-7-8-17-18(11-14)27-13-26-17/h1-2,5-8,11H,9-10,12-13H2,(H,21,23). The lowest BCUT2D eigenvalue weighted by Crippen LogP contribution is -2.31. The van der Waals surface area contributed by atoms with Gasteiger partial charge in [0.25, 0.3) is 0 Å². The number of hydrogen-bond donors (Lipinski definition) is 1. The van der Waals surface area contributed by atoms with Crippen LogP contribution in [0.3, 0.4) is 0 Å². The van der Waals surface area contributed by atoms with E-state index >= 15 is 0 Å². The minimum Gasteiger partial charge on any atom is -0.481 e. The number of amides is 1. The van der Waals surface area contributed by atoms with Gasteiger partial charge in [-0.15, -0.1) is 0 Å². The molecule has 8 heteroatoms. The summed E-state index contributed by atoms with van der Waals surface area (Å²) in [6.45, 7) is 0.388. The number of nitrogens with zero attached hydrogens (tertiary/aromatic N) is 1. The number of benzene rings is 2. The maximum atomic E-state index is 12.0. The lowest BCUT2D eigenvalue weighted by Gasteiger charge is -2.03. The molecule has 2 aromatic carbocycles. The third-order valence-corrected chi connectivity index (χ3v) is 4.03. The normalized spacial score (nSPS) is 11.7. The molecule has 0 unspecified atom stereocenters. The van der Waals surface area contributed by atoms with Gasteiger partial charge in [-0.1, -0.05) is 24.0 Å². The van der Waals surface area contributed by atoms with E-state index < -0.39 is 5.76 Å². The van der Waals surface area contributed by atoms with Crippen molar-refractivity contribution in [3.05, 3.63) is 53.0 Å². The van der Waals surface area contributed by atoms with Crippen molar-refractivity contribution >= 4 is 17.0 Å². The van der Waals surface area contributed by atoms with Crippen LogP contribution in [0.25, 0.3) is 11.1 Å². The van der Waals surface area contributed by atoms with Crippen molar-refractivity contribution in [2.75, 3.05) is 19.9 Å². The summed E-state index contributed by atoms with van der Waals surface area (Å²) in [5.74, 6) is 6.65. The van der Waals surface area contributed by atoms with Crippen LogP contribution in [0.15, 0.2) is 51.7 Å². The first-order valence-electron chi connectivity index (χ1n) is 8.54. The summed E-state index contributed by atoms with van der Waals surface area (Å²) in [5.41, 5.74) is 1.02. The maximum Gasteiger partial charge on any atom is 0.420 e. The molecule has 0 spiro atoms. The van der Waals surface area contributed by atoms with Gasteiger partial charge in [-0.2, -0.15) is 0 Å². The molecule has 0 fully saturated rings. The second kappa shape index (κ2) is 7.80. The molecule has 0 aliphatic carbocycles. The predicted molar refractivity (Wildman–Crippen MR) is 99.3 cm³/mol. The minimum atomic E-state index is -0.570. The highest BCUT2D eigenvalue weighted by molar-refractivity contribution is 5.79. The van der Waals surface area contributed by atoms with Crippen LogP contribution in [0.4, 0.5) is 0 Å². The molecule has 142 valence electrons. The van der Waals surface area contributed by atoms with E-state index in [0.29, 0.717) is 28.3 Å². The highest BCUT2D eigenvalue weighted by Gasteiger charge is 2.13. The first-order valence-corrected chi connectivity index (χ1v) is 8.54. The molecule has 1 N–H and O–H groups in total. The molecule has 0 saturated carbocycles. The Labute approximate surface area is 159 Å². The lowest BCUT2D eigenvalue weighted by molar-refractivity contribution is -0.121. The highest BCUT2D eigenvalue weighted by atomic mass is 16.7. The lowest BCUT2D eigenvalue weighted by atomic mass is 10.3. The summed E-state index contributed by atoms with van der Waals surface area (Å²) < 4.78 is 22.4. The zero-order chi connectivity index (χ0) is 19.3. The van der Waals surface area contributed by atoms with Crippen LogP contribution in [-0.2, 0) is 11.3 Å². The third kappa shape index (κ3) is 3.78. The largest absolute Gasteiger partial charge is 0.481 e. The Kier molecular flexibility index (Phi) is 4.89. The van der Waals surface area contributed by atoms with Gasteiger partial charge in [0.2, 0.25) is 12.7 Å². The molecule has 1 aromatic heterocycles. The van der Waals surface area contributed by atoms with E-state index in [1.54, 1.807) is 42.5 Å². The van der Waals surface area contributed by atoms with Gasteiger partial charge in [-0.05, 0) is 24.3 Å². The van der Waals surface area contributed by atoms with Gasteiger partial charge in [0.1, 0.15) is 18.9 Å². The molecule has 8 nitrogen and oxygen atoms in total. The van der Waals surface area contributed by atoms with Gasteiger partial charge in [-0.25, -0.2) is 4.79 Å². The van der Waals surface area contributed by atoms with Gasteiger partial charge in [0.05, 0.1) is 12.1 Å². The van der Waals surface area contributed by atoms with Crippen molar-refractivity contribution < 1.29 is 23.4 Å². The fourth-order valence-corrected chi connectivity index (χ4v) is 2.71. The number of nitrogens with one attached hydrogen (secondary N) is 1. The molecule has 2 heterocycles. The molecule has 1 aliphatic heterocycles. The smallest absolute Gasteiger partial charge is 0.420 e. The molecule has 1 amide bonds. The molecule has 1 aliphatic rings. The van der Waals surface area contributed by atoms with Crippen LogP contribution in [-0.4, -0.2) is 30.4 Å². The van der Waals surface area contributed by atoms with Crippen LogP contribution >= 0.6 is 0 Å². The van der Waals surface area contributed by atoms with Gasteiger partial charge in [0, 0.05) is 6.07 Å². The van der Waals surface area contributed by atoms with Crippen molar-refractivity contribution in [2.45, 2.75) is 6.54 Å². The Hall–Kier alpha value is -3.86. The Morgan fingerprint density at radius 2 is 2.00 bits per heavy atom. The van der Waals surface area contributed by atoms with Crippen molar-refractivity contribution in [2.24, 2.45) is 0 Å². The first-order chi connectivity index (χ1) is 13.7. The molecule has 4 rings (SSSR count). The SMILES string of the molecule is O=C(Cn1c(=O)oc2ccccc21)NCC#CCOc1ccc2c(c1)OCO2. The van der Waals surface area contributed by atoms with E-state index in [1.807, 2.05) is 0 Å². The summed E-state index contributed by atoms with van der Waals surface area (Å²) >= 11 is 0. The van der Waals surface area contributed by atoms with Crippen LogP contribution in [0.5, 0.6) is 17.2 Å². The van der Waals surface area contributed by atoms with Crippen molar-refractivity contribution in [3.63, 3.8) is 0 Å². The Morgan fingerprint density at radius 1 is 1.14 bits per heavy atom.